The molecular formula is C14H19NO3. The molecule has 18 heavy (non-hydrogen) atoms. The number of hydrogen-bond acceptors (Lipinski definition) is 3. The van der Waals surface area contributed by atoms with Crippen LogP contribution in [0.15, 0.2) is 24.3 Å². The van der Waals surface area contributed by atoms with E-state index >= 15 is 0 Å². The smallest absolute Gasteiger partial charge is 0.324 e. The molecule has 0 heterocycles. The van der Waals surface area contributed by atoms with Crippen molar-refractivity contribution in [2.75, 3.05) is 27.3 Å². The van der Waals surface area contributed by atoms with Crippen molar-refractivity contribution < 1.29 is 14.6 Å². The summed E-state index contributed by atoms with van der Waals surface area (Å²) in [6, 6.07) is 7.96. The highest BCUT2D eigenvalue weighted by molar-refractivity contribution is 5.81. The molecule has 0 unspecified atom stereocenters. The van der Waals surface area contributed by atoms with Gasteiger partial charge >= 0.3 is 5.97 Å². The maximum Gasteiger partial charge on any atom is 0.324 e. The molecule has 1 aromatic carbocycles. The fraction of sp³-hybridized carbons (Fsp3) is 0.500. The molecule has 2 rings (SSSR count). The van der Waals surface area contributed by atoms with Crippen molar-refractivity contribution >= 4 is 5.97 Å². The van der Waals surface area contributed by atoms with Gasteiger partial charge in [0.15, 0.2) is 0 Å². The van der Waals surface area contributed by atoms with Crippen LogP contribution in [0.5, 0.6) is 0 Å². The Kier molecular flexibility index (Phi) is 3.68. The van der Waals surface area contributed by atoms with Gasteiger partial charge < -0.3 is 9.84 Å². The molecule has 0 saturated heterocycles. The Morgan fingerprint density at radius 1 is 1.39 bits per heavy atom. The lowest BCUT2D eigenvalue weighted by molar-refractivity contribution is -0.150. The minimum atomic E-state index is -0.817. The number of rotatable bonds is 5. The number of carboxylic acids is 1. The first-order valence-electron chi connectivity index (χ1n) is 6.10. The van der Waals surface area contributed by atoms with Crippen LogP contribution in [0, 0.1) is 0 Å². The van der Waals surface area contributed by atoms with E-state index in [4.69, 9.17) is 4.74 Å². The molecule has 4 nitrogen and oxygen atoms in total. The van der Waals surface area contributed by atoms with Crippen LogP contribution in [-0.4, -0.2) is 48.8 Å². The van der Waals surface area contributed by atoms with E-state index in [-0.39, 0.29) is 0 Å². The molecule has 1 N–H and O–H groups in total. The van der Waals surface area contributed by atoms with E-state index in [1.807, 2.05) is 36.2 Å². The fourth-order valence-electron chi connectivity index (χ4n) is 2.62. The Labute approximate surface area is 107 Å². The first-order chi connectivity index (χ1) is 8.60. The Morgan fingerprint density at radius 2 is 1.94 bits per heavy atom. The van der Waals surface area contributed by atoms with Gasteiger partial charge in [-0.2, -0.15) is 0 Å². The Bertz CT molecular complexity index is 419. The second kappa shape index (κ2) is 5.08. The average molecular weight is 249 g/mol. The number of hydrogen-bond donors (Lipinski definition) is 1. The number of carboxylic acid groups (broad SMARTS) is 1. The van der Waals surface area contributed by atoms with Gasteiger partial charge in [-0.05, 0) is 18.2 Å². The predicted molar refractivity (Wildman–Crippen MR) is 68.7 cm³/mol. The molecular weight excluding hydrogens is 230 g/mol. The van der Waals surface area contributed by atoms with Crippen molar-refractivity contribution in [3.63, 3.8) is 0 Å². The van der Waals surface area contributed by atoms with Crippen molar-refractivity contribution in [1.82, 2.24) is 4.90 Å². The highest BCUT2D eigenvalue weighted by Crippen LogP contribution is 2.34. The largest absolute Gasteiger partial charge is 0.480 e. The maximum atomic E-state index is 11.7. The van der Waals surface area contributed by atoms with E-state index in [1.165, 1.54) is 0 Å². The molecule has 0 aromatic heterocycles. The molecule has 1 aliphatic rings. The number of benzene rings is 1. The zero-order chi connectivity index (χ0) is 13.2. The van der Waals surface area contributed by atoms with E-state index in [2.05, 4.69) is 0 Å². The van der Waals surface area contributed by atoms with Crippen LogP contribution in [0.4, 0.5) is 0 Å². The van der Waals surface area contributed by atoms with Crippen LogP contribution in [-0.2, 0) is 22.4 Å². The van der Waals surface area contributed by atoms with E-state index in [1.54, 1.807) is 7.11 Å². The lowest BCUT2D eigenvalue weighted by Crippen LogP contribution is -2.54. The number of fused-ring (bicyclic) bond motifs is 1. The predicted octanol–water partition coefficient (Wildman–Crippen LogP) is 1.19. The minimum absolute atomic E-state index is 0.544. The van der Waals surface area contributed by atoms with E-state index in [0.29, 0.717) is 26.0 Å². The van der Waals surface area contributed by atoms with Crippen molar-refractivity contribution in [3.8, 4) is 0 Å². The number of nitrogens with zero attached hydrogens (tertiary/aromatic N) is 1. The Hall–Kier alpha value is -1.39. The first-order valence-corrected chi connectivity index (χ1v) is 6.10. The van der Waals surface area contributed by atoms with Gasteiger partial charge in [0.2, 0.25) is 0 Å². The van der Waals surface area contributed by atoms with Crippen molar-refractivity contribution in [1.29, 1.82) is 0 Å². The highest BCUT2D eigenvalue weighted by atomic mass is 16.5. The summed E-state index contributed by atoms with van der Waals surface area (Å²) < 4.78 is 5.04. The number of ether oxygens (including phenoxy) is 1. The average Bonchev–Trinajstić information content (AvgIpc) is 2.76. The van der Waals surface area contributed by atoms with Crippen molar-refractivity contribution in [3.05, 3.63) is 35.4 Å². The first kappa shape index (κ1) is 13.1. The van der Waals surface area contributed by atoms with Gasteiger partial charge in [-0.1, -0.05) is 24.3 Å². The molecule has 0 radical (unpaired) electrons. The molecule has 0 fully saturated rings. The van der Waals surface area contributed by atoms with Gasteiger partial charge in [0.05, 0.1) is 6.61 Å². The molecule has 0 spiro atoms. The summed E-state index contributed by atoms with van der Waals surface area (Å²) in [5.41, 5.74) is 1.47. The normalized spacial score (nSPS) is 16.8. The second-order valence-corrected chi connectivity index (χ2v) is 4.87. The van der Waals surface area contributed by atoms with Gasteiger partial charge in [-0.15, -0.1) is 0 Å². The number of aliphatic carboxylic acids is 1. The van der Waals surface area contributed by atoms with Crippen LogP contribution in [0.25, 0.3) is 0 Å². The third-order valence-corrected chi connectivity index (χ3v) is 3.84. The van der Waals surface area contributed by atoms with Gasteiger partial charge in [0.1, 0.15) is 5.54 Å². The van der Waals surface area contributed by atoms with Crippen molar-refractivity contribution in [2.24, 2.45) is 0 Å². The van der Waals surface area contributed by atoms with Gasteiger partial charge in [0, 0.05) is 26.5 Å². The molecule has 98 valence electrons. The lowest BCUT2D eigenvalue weighted by atomic mass is 9.94. The van der Waals surface area contributed by atoms with E-state index in [9.17, 15) is 9.90 Å². The number of likely N-dealkylation sites (N-methyl/N-ethyl adjacent to an activating group) is 1. The molecule has 0 bridgehead atoms. The number of methoxy groups -OCH3 is 1. The summed E-state index contributed by atoms with van der Waals surface area (Å²) in [4.78, 5) is 13.6. The van der Waals surface area contributed by atoms with E-state index < -0.39 is 11.5 Å². The maximum absolute atomic E-state index is 11.7. The molecule has 4 heteroatoms. The SMILES string of the molecule is COCCN(C)C1(C(=O)O)Cc2ccccc2C1. The highest BCUT2D eigenvalue weighted by Gasteiger charge is 2.46. The van der Waals surface area contributed by atoms with Crippen LogP contribution >= 0.6 is 0 Å². The Morgan fingerprint density at radius 3 is 2.39 bits per heavy atom. The summed E-state index contributed by atoms with van der Waals surface area (Å²) in [6.45, 7) is 1.17. The summed E-state index contributed by atoms with van der Waals surface area (Å²) in [5, 5.41) is 9.62. The topological polar surface area (TPSA) is 49.8 Å². The van der Waals surface area contributed by atoms with Crippen LogP contribution in [0.2, 0.25) is 0 Å². The minimum Gasteiger partial charge on any atom is -0.480 e. The summed E-state index contributed by atoms with van der Waals surface area (Å²) >= 11 is 0. The summed E-state index contributed by atoms with van der Waals surface area (Å²) in [7, 11) is 3.49. The fourth-order valence-corrected chi connectivity index (χ4v) is 2.62. The molecule has 1 aliphatic carbocycles. The third-order valence-electron chi connectivity index (χ3n) is 3.84. The summed E-state index contributed by atoms with van der Waals surface area (Å²) in [5.74, 6) is -0.752. The third kappa shape index (κ3) is 2.13. The van der Waals surface area contributed by atoms with Crippen LogP contribution in [0.3, 0.4) is 0 Å². The summed E-state index contributed by atoms with van der Waals surface area (Å²) in [6.07, 6.45) is 1.14. The molecule has 0 amide bonds. The van der Waals surface area contributed by atoms with Gasteiger partial charge in [0.25, 0.3) is 0 Å². The Balaban J connectivity index is 2.24. The molecule has 0 aliphatic heterocycles. The zero-order valence-corrected chi connectivity index (χ0v) is 10.8. The number of carbonyl (C=O) groups is 1. The van der Waals surface area contributed by atoms with Crippen LogP contribution in [0.1, 0.15) is 11.1 Å². The van der Waals surface area contributed by atoms with Crippen molar-refractivity contribution in [2.45, 2.75) is 18.4 Å². The molecule has 0 atom stereocenters. The lowest BCUT2D eigenvalue weighted by Gasteiger charge is -2.34. The standard InChI is InChI=1S/C14H19NO3/c1-15(7-8-18-2)14(13(16)17)9-11-5-3-4-6-12(11)10-14/h3-6H,7-10H2,1-2H3,(H,16,17). The van der Waals surface area contributed by atoms with E-state index in [0.717, 1.165) is 11.1 Å². The van der Waals surface area contributed by atoms with Crippen LogP contribution < -0.4 is 0 Å². The molecule has 1 aromatic rings. The van der Waals surface area contributed by atoms with Gasteiger partial charge in [-0.3, -0.25) is 9.69 Å². The zero-order valence-electron chi connectivity index (χ0n) is 10.8. The quantitative estimate of drug-likeness (QED) is 0.851. The molecule has 0 saturated carbocycles. The van der Waals surface area contributed by atoms with Gasteiger partial charge in [-0.25, -0.2) is 0 Å². The second-order valence-electron chi connectivity index (χ2n) is 4.87. The monoisotopic (exact) mass is 249 g/mol.